The fourth-order valence-electron chi connectivity index (χ4n) is 1.93. The van der Waals surface area contributed by atoms with Crippen molar-refractivity contribution in [3.05, 3.63) is 77.1 Å². The lowest BCUT2D eigenvalue weighted by atomic mass is 10.1. The zero-order valence-corrected chi connectivity index (χ0v) is 12.5. The largest absolute Gasteiger partial charge is 0.497 e. The Labute approximate surface area is 129 Å². The second-order valence-corrected chi connectivity index (χ2v) is 4.82. The van der Waals surface area contributed by atoms with Gasteiger partial charge in [0.2, 0.25) is 0 Å². The van der Waals surface area contributed by atoms with Crippen LogP contribution in [0.4, 0.5) is 4.39 Å². The van der Waals surface area contributed by atoms with E-state index in [1.54, 1.807) is 38.3 Å². The smallest absolute Gasteiger partial charge is 0.181 e. The van der Waals surface area contributed by atoms with Crippen LogP contribution in [0.3, 0.4) is 0 Å². The summed E-state index contributed by atoms with van der Waals surface area (Å²) >= 11 is 0. The molecule has 0 aromatic heterocycles. The number of rotatable bonds is 5. The molecule has 112 valence electrons. The van der Waals surface area contributed by atoms with Gasteiger partial charge in [0.1, 0.15) is 11.6 Å². The van der Waals surface area contributed by atoms with E-state index in [1.807, 2.05) is 24.3 Å². The standard InChI is InChI=1S/C19H17FO2/c1-14(13-15-7-10-17(22-2)11-8-15)19(21)12-9-16-5-3-4-6-18(16)20/h3-13H,1-2H3/b12-9+,14-13+. The van der Waals surface area contributed by atoms with E-state index in [2.05, 4.69) is 0 Å². The molecule has 0 aliphatic rings. The van der Waals surface area contributed by atoms with Gasteiger partial charge in [0, 0.05) is 5.56 Å². The Morgan fingerprint density at radius 3 is 2.41 bits per heavy atom. The Hall–Kier alpha value is -2.68. The first kappa shape index (κ1) is 15.7. The molecule has 0 aliphatic heterocycles. The van der Waals surface area contributed by atoms with Crippen molar-refractivity contribution in [3.63, 3.8) is 0 Å². The van der Waals surface area contributed by atoms with Gasteiger partial charge in [-0.1, -0.05) is 30.3 Å². The Kier molecular flexibility index (Phi) is 5.26. The van der Waals surface area contributed by atoms with Crippen LogP contribution in [0.1, 0.15) is 18.1 Å². The van der Waals surface area contributed by atoms with Gasteiger partial charge < -0.3 is 4.74 Å². The van der Waals surface area contributed by atoms with Gasteiger partial charge in [-0.15, -0.1) is 0 Å². The molecule has 3 heteroatoms. The number of allylic oxidation sites excluding steroid dienone is 2. The fourth-order valence-corrected chi connectivity index (χ4v) is 1.93. The lowest BCUT2D eigenvalue weighted by Crippen LogP contribution is -1.94. The topological polar surface area (TPSA) is 26.3 Å². The van der Waals surface area contributed by atoms with Gasteiger partial charge >= 0.3 is 0 Å². The number of carbonyl (C=O) groups excluding carboxylic acids is 1. The van der Waals surface area contributed by atoms with E-state index >= 15 is 0 Å². The van der Waals surface area contributed by atoms with E-state index in [9.17, 15) is 9.18 Å². The van der Waals surface area contributed by atoms with Gasteiger partial charge in [-0.05, 0) is 54.5 Å². The third-order valence-electron chi connectivity index (χ3n) is 3.21. The van der Waals surface area contributed by atoms with E-state index < -0.39 is 0 Å². The summed E-state index contributed by atoms with van der Waals surface area (Å²) < 4.78 is 18.6. The monoisotopic (exact) mass is 296 g/mol. The van der Waals surface area contributed by atoms with Gasteiger partial charge in [0.05, 0.1) is 7.11 Å². The lowest BCUT2D eigenvalue weighted by molar-refractivity contribution is -0.111. The molecule has 0 unspecified atom stereocenters. The van der Waals surface area contributed by atoms with Gasteiger partial charge in [0.15, 0.2) is 5.78 Å². The Bertz CT molecular complexity index is 712. The number of ether oxygens (including phenoxy) is 1. The van der Waals surface area contributed by atoms with Crippen LogP contribution < -0.4 is 4.74 Å². The number of carbonyl (C=O) groups is 1. The minimum atomic E-state index is -0.344. The van der Waals surface area contributed by atoms with Crippen molar-refractivity contribution in [2.24, 2.45) is 0 Å². The molecule has 2 aromatic rings. The minimum absolute atomic E-state index is 0.154. The minimum Gasteiger partial charge on any atom is -0.497 e. The molecule has 0 bridgehead atoms. The van der Waals surface area contributed by atoms with E-state index in [0.717, 1.165) is 11.3 Å². The zero-order valence-electron chi connectivity index (χ0n) is 12.5. The Balaban J connectivity index is 2.11. The van der Waals surface area contributed by atoms with Gasteiger partial charge in [-0.3, -0.25) is 4.79 Å². The van der Waals surface area contributed by atoms with Crippen LogP contribution >= 0.6 is 0 Å². The Morgan fingerprint density at radius 2 is 1.77 bits per heavy atom. The molecule has 0 heterocycles. The number of methoxy groups -OCH3 is 1. The molecule has 0 saturated heterocycles. The van der Waals surface area contributed by atoms with Crippen LogP contribution in [-0.4, -0.2) is 12.9 Å². The third kappa shape index (κ3) is 4.16. The van der Waals surface area contributed by atoms with Crippen molar-refractivity contribution < 1.29 is 13.9 Å². The molecule has 2 nitrogen and oxygen atoms in total. The average Bonchev–Trinajstić information content (AvgIpc) is 2.54. The Morgan fingerprint density at radius 1 is 1.09 bits per heavy atom. The average molecular weight is 296 g/mol. The van der Waals surface area contributed by atoms with E-state index in [0.29, 0.717) is 11.1 Å². The number of ketones is 1. The molecular formula is C19H17FO2. The molecular weight excluding hydrogens is 279 g/mol. The van der Waals surface area contributed by atoms with Crippen molar-refractivity contribution in [2.45, 2.75) is 6.92 Å². The normalized spacial score (nSPS) is 11.7. The van der Waals surface area contributed by atoms with Gasteiger partial charge in [-0.2, -0.15) is 0 Å². The summed E-state index contributed by atoms with van der Waals surface area (Å²) in [4.78, 5) is 12.1. The summed E-state index contributed by atoms with van der Waals surface area (Å²) in [6.07, 6.45) is 4.66. The van der Waals surface area contributed by atoms with Crippen LogP contribution in [-0.2, 0) is 4.79 Å². The first-order valence-electron chi connectivity index (χ1n) is 6.89. The van der Waals surface area contributed by atoms with Crippen molar-refractivity contribution in [3.8, 4) is 5.75 Å². The van der Waals surface area contributed by atoms with E-state index in [-0.39, 0.29) is 11.6 Å². The second-order valence-electron chi connectivity index (χ2n) is 4.82. The van der Waals surface area contributed by atoms with Crippen LogP contribution in [0.5, 0.6) is 5.75 Å². The lowest BCUT2D eigenvalue weighted by Gasteiger charge is -2.01. The maximum Gasteiger partial charge on any atom is 0.181 e. The molecule has 0 saturated carbocycles. The van der Waals surface area contributed by atoms with Gasteiger partial charge in [0.25, 0.3) is 0 Å². The second kappa shape index (κ2) is 7.36. The molecule has 22 heavy (non-hydrogen) atoms. The molecule has 0 N–H and O–H groups in total. The number of benzene rings is 2. The number of hydrogen-bond donors (Lipinski definition) is 0. The highest BCUT2D eigenvalue weighted by Gasteiger charge is 2.02. The van der Waals surface area contributed by atoms with Crippen LogP contribution in [0.25, 0.3) is 12.2 Å². The quantitative estimate of drug-likeness (QED) is 0.758. The fraction of sp³-hybridized carbons (Fsp3) is 0.105. The maximum absolute atomic E-state index is 13.5. The van der Waals surface area contributed by atoms with Crippen LogP contribution in [0.2, 0.25) is 0 Å². The molecule has 0 atom stereocenters. The highest BCUT2D eigenvalue weighted by atomic mass is 19.1. The van der Waals surface area contributed by atoms with Crippen molar-refractivity contribution in [1.82, 2.24) is 0 Å². The molecule has 0 spiro atoms. The van der Waals surface area contributed by atoms with E-state index in [4.69, 9.17) is 4.74 Å². The SMILES string of the molecule is COc1ccc(/C=C(\C)C(=O)/C=C/c2ccccc2F)cc1. The summed E-state index contributed by atoms with van der Waals surface area (Å²) in [5, 5.41) is 0. The predicted molar refractivity (Wildman–Crippen MR) is 87.1 cm³/mol. The third-order valence-corrected chi connectivity index (χ3v) is 3.21. The first-order chi connectivity index (χ1) is 10.6. The van der Waals surface area contributed by atoms with Crippen molar-refractivity contribution in [2.75, 3.05) is 7.11 Å². The number of halogens is 1. The highest BCUT2D eigenvalue weighted by molar-refractivity contribution is 6.08. The molecule has 0 amide bonds. The summed E-state index contributed by atoms with van der Waals surface area (Å²) in [7, 11) is 1.60. The highest BCUT2D eigenvalue weighted by Crippen LogP contribution is 2.15. The maximum atomic E-state index is 13.5. The predicted octanol–water partition coefficient (Wildman–Crippen LogP) is 4.52. The van der Waals surface area contributed by atoms with Crippen molar-refractivity contribution in [1.29, 1.82) is 0 Å². The number of hydrogen-bond acceptors (Lipinski definition) is 2. The first-order valence-corrected chi connectivity index (χ1v) is 6.89. The molecule has 0 radical (unpaired) electrons. The summed E-state index contributed by atoms with van der Waals surface area (Å²) in [5.74, 6) is 0.267. The molecule has 2 aromatic carbocycles. The summed E-state index contributed by atoms with van der Waals surface area (Å²) in [6.45, 7) is 1.73. The van der Waals surface area contributed by atoms with Gasteiger partial charge in [-0.25, -0.2) is 4.39 Å². The summed E-state index contributed by atoms with van der Waals surface area (Å²) in [6, 6.07) is 13.7. The van der Waals surface area contributed by atoms with Crippen LogP contribution in [0, 0.1) is 5.82 Å². The summed E-state index contributed by atoms with van der Waals surface area (Å²) in [5.41, 5.74) is 1.89. The van der Waals surface area contributed by atoms with Crippen molar-refractivity contribution >= 4 is 17.9 Å². The molecule has 0 aliphatic carbocycles. The zero-order chi connectivity index (χ0) is 15.9. The van der Waals surface area contributed by atoms with Crippen LogP contribution in [0.15, 0.2) is 60.2 Å². The van der Waals surface area contributed by atoms with E-state index in [1.165, 1.54) is 18.2 Å². The molecule has 2 rings (SSSR count). The molecule has 0 fully saturated rings.